The van der Waals surface area contributed by atoms with Crippen LogP contribution < -0.4 is 10.6 Å². The molecule has 22 heavy (non-hydrogen) atoms. The number of carbonyl (C=O) groups excluding carboxylic acids is 1. The predicted molar refractivity (Wildman–Crippen MR) is 85.4 cm³/mol. The van der Waals surface area contributed by atoms with Gasteiger partial charge in [-0.25, -0.2) is 0 Å². The summed E-state index contributed by atoms with van der Waals surface area (Å²) < 4.78 is 15.8. The first-order valence-corrected chi connectivity index (χ1v) is 7.25. The second-order valence-electron chi connectivity index (χ2n) is 5.56. The molecular weight excluding hydrogens is 308 g/mol. The Morgan fingerprint density at radius 2 is 2.05 bits per heavy atom. The van der Waals surface area contributed by atoms with Crippen molar-refractivity contribution in [3.63, 3.8) is 0 Å². The quantitative estimate of drug-likeness (QED) is 0.793. The van der Waals surface area contributed by atoms with E-state index in [9.17, 15) is 4.79 Å². The van der Waals surface area contributed by atoms with E-state index in [1.807, 2.05) is 0 Å². The third-order valence-corrected chi connectivity index (χ3v) is 3.91. The van der Waals surface area contributed by atoms with Crippen molar-refractivity contribution in [1.82, 2.24) is 10.6 Å². The second kappa shape index (κ2) is 9.15. The summed E-state index contributed by atoms with van der Waals surface area (Å²) in [6.07, 6.45) is 1.99. The maximum Gasteiger partial charge on any atom is 0.287 e. The fraction of sp³-hybridized carbons (Fsp3) is 0.667. The minimum atomic E-state index is -0.189. The number of methoxy groups -OCH3 is 2. The standard InChI is InChI=1S/C15H24N2O4.ClH/c1-19-9-12-3-4-13(21-12)14(18)17-10-15(11-20-2)5-7-16-8-6-15;/h3-4,16H,5-11H2,1-2H3,(H,17,18);1H. The molecule has 0 spiro atoms. The highest BCUT2D eigenvalue weighted by atomic mass is 35.5. The molecule has 2 heterocycles. The van der Waals surface area contributed by atoms with E-state index in [1.54, 1.807) is 26.4 Å². The van der Waals surface area contributed by atoms with Crippen LogP contribution in [0.5, 0.6) is 0 Å². The van der Waals surface area contributed by atoms with Gasteiger partial charge in [-0.3, -0.25) is 4.79 Å². The third kappa shape index (κ3) is 4.98. The average Bonchev–Trinajstić information content (AvgIpc) is 2.95. The Morgan fingerprint density at radius 1 is 1.32 bits per heavy atom. The number of rotatable bonds is 7. The number of piperidine rings is 1. The van der Waals surface area contributed by atoms with Gasteiger partial charge in [-0.15, -0.1) is 12.4 Å². The van der Waals surface area contributed by atoms with Crippen LogP contribution >= 0.6 is 12.4 Å². The van der Waals surface area contributed by atoms with E-state index in [0.717, 1.165) is 25.9 Å². The summed E-state index contributed by atoms with van der Waals surface area (Å²) in [4.78, 5) is 12.1. The first-order valence-electron chi connectivity index (χ1n) is 7.25. The summed E-state index contributed by atoms with van der Waals surface area (Å²) in [6, 6.07) is 3.43. The molecule has 1 aromatic heterocycles. The number of ether oxygens (including phenoxy) is 2. The Balaban J connectivity index is 0.00000242. The number of hydrogen-bond donors (Lipinski definition) is 2. The molecule has 0 aliphatic carbocycles. The molecule has 7 heteroatoms. The first kappa shape index (κ1) is 19.0. The Hall–Kier alpha value is -1.08. The molecule has 6 nitrogen and oxygen atoms in total. The van der Waals surface area contributed by atoms with Crippen molar-refractivity contribution in [1.29, 1.82) is 0 Å². The number of nitrogens with one attached hydrogen (secondary N) is 2. The smallest absolute Gasteiger partial charge is 0.287 e. The normalized spacial score (nSPS) is 16.8. The zero-order valence-electron chi connectivity index (χ0n) is 13.1. The zero-order valence-corrected chi connectivity index (χ0v) is 14.0. The van der Waals surface area contributed by atoms with E-state index in [2.05, 4.69) is 10.6 Å². The van der Waals surface area contributed by atoms with E-state index in [0.29, 0.717) is 31.3 Å². The monoisotopic (exact) mass is 332 g/mol. The van der Waals surface area contributed by atoms with Gasteiger partial charge in [-0.2, -0.15) is 0 Å². The topological polar surface area (TPSA) is 72.7 Å². The molecule has 0 radical (unpaired) electrons. The van der Waals surface area contributed by atoms with Crippen LogP contribution in [0.15, 0.2) is 16.5 Å². The molecule has 1 aliphatic rings. The van der Waals surface area contributed by atoms with Gasteiger partial charge in [0.1, 0.15) is 12.4 Å². The van der Waals surface area contributed by atoms with Crippen molar-refractivity contribution in [2.24, 2.45) is 5.41 Å². The van der Waals surface area contributed by atoms with E-state index in [1.165, 1.54) is 0 Å². The van der Waals surface area contributed by atoms with Gasteiger partial charge in [0.25, 0.3) is 5.91 Å². The van der Waals surface area contributed by atoms with E-state index in [-0.39, 0.29) is 23.7 Å². The predicted octanol–water partition coefficient (Wildman–Crippen LogP) is 1.59. The van der Waals surface area contributed by atoms with E-state index >= 15 is 0 Å². The van der Waals surface area contributed by atoms with Gasteiger partial charge in [-0.05, 0) is 38.1 Å². The Bertz CT molecular complexity index is 453. The third-order valence-electron chi connectivity index (χ3n) is 3.91. The molecule has 0 atom stereocenters. The van der Waals surface area contributed by atoms with Crippen molar-refractivity contribution < 1.29 is 18.7 Å². The van der Waals surface area contributed by atoms with Crippen molar-refractivity contribution in [3.05, 3.63) is 23.7 Å². The minimum absolute atomic E-state index is 0. The summed E-state index contributed by atoms with van der Waals surface area (Å²) >= 11 is 0. The van der Waals surface area contributed by atoms with Crippen LogP contribution in [-0.4, -0.2) is 46.4 Å². The number of halogens is 1. The highest BCUT2D eigenvalue weighted by molar-refractivity contribution is 5.91. The van der Waals surface area contributed by atoms with Gasteiger partial charge in [0.05, 0.1) is 6.61 Å². The largest absolute Gasteiger partial charge is 0.453 e. The lowest BCUT2D eigenvalue weighted by atomic mass is 9.79. The summed E-state index contributed by atoms with van der Waals surface area (Å²) in [6.45, 7) is 3.53. The van der Waals surface area contributed by atoms with Crippen LogP contribution in [0.2, 0.25) is 0 Å². The van der Waals surface area contributed by atoms with Gasteiger partial charge in [-0.1, -0.05) is 0 Å². The van der Waals surface area contributed by atoms with Crippen LogP contribution in [0.1, 0.15) is 29.2 Å². The average molecular weight is 333 g/mol. The molecule has 0 unspecified atom stereocenters. The lowest BCUT2D eigenvalue weighted by Gasteiger charge is -2.37. The zero-order chi connectivity index (χ0) is 15.1. The number of amides is 1. The van der Waals surface area contributed by atoms with Crippen molar-refractivity contribution in [2.75, 3.05) is 40.5 Å². The summed E-state index contributed by atoms with van der Waals surface area (Å²) in [7, 11) is 3.29. The first-order chi connectivity index (χ1) is 10.2. The molecule has 2 rings (SSSR count). The maximum absolute atomic E-state index is 12.1. The van der Waals surface area contributed by atoms with Crippen LogP contribution in [0.4, 0.5) is 0 Å². The van der Waals surface area contributed by atoms with Gasteiger partial charge in [0, 0.05) is 26.2 Å². The van der Waals surface area contributed by atoms with Crippen LogP contribution in [0.25, 0.3) is 0 Å². The molecule has 2 N–H and O–H groups in total. The molecule has 0 aromatic carbocycles. The Morgan fingerprint density at radius 3 is 2.68 bits per heavy atom. The summed E-state index contributed by atoms with van der Waals surface area (Å²) in [5.74, 6) is 0.783. The molecular formula is C15H25ClN2O4. The van der Waals surface area contributed by atoms with Crippen LogP contribution in [0, 0.1) is 5.41 Å². The highest BCUT2D eigenvalue weighted by Gasteiger charge is 2.32. The molecule has 1 aromatic rings. The fourth-order valence-corrected chi connectivity index (χ4v) is 2.71. The van der Waals surface area contributed by atoms with Crippen LogP contribution in [-0.2, 0) is 16.1 Å². The lowest BCUT2D eigenvalue weighted by Crippen LogP contribution is -2.47. The molecule has 1 amide bonds. The van der Waals surface area contributed by atoms with Gasteiger partial charge in [0.15, 0.2) is 5.76 Å². The summed E-state index contributed by atoms with van der Waals surface area (Å²) in [5, 5.41) is 6.30. The van der Waals surface area contributed by atoms with Gasteiger partial charge in [0.2, 0.25) is 0 Å². The van der Waals surface area contributed by atoms with Crippen LogP contribution in [0.3, 0.4) is 0 Å². The van der Waals surface area contributed by atoms with Crippen molar-refractivity contribution >= 4 is 18.3 Å². The molecule has 126 valence electrons. The molecule has 0 saturated carbocycles. The Labute approximate surface area is 137 Å². The highest BCUT2D eigenvalue weighted by Crippen LogP contribution is 2.28. The molecule has 1 fully saturated rings. The molecule has 1 saturated heterocycles. The summed E-state index contributed by atoms with van der Waals surface area (Å²) in [5.41, 5.74) is 0.0115. The SMILES string of the molecule is COCc1ccc(C(=O)NCC2(COC)CCNCC2)o1.Cl. The molecule has 1 aliphatic heterocycles. The minimum Gasteiger partial charge on any atom is -0.453 e. The molecule has 0 bridgehead atoms. The van der Waals surface area contributed by atoms with E-state index < -0.39 is 0 Å². The Kier molecular flexibility index (Phi) is 7.89. The van der Waals surface area contributed by atoms with E-state index in [4.69, 9.17) is 13.9 Å². The van der Waals surface area contributed by atoms with Gasteiger partial charge >= 0.3 is 0 Å². The maximum atomic E-state index is 12.1. The van der Waals surface area contributed by atoms with Gasteiger partial charge < -0.3 is 24.5 Å². The van der Waals surface area contributed by atoms with Crippen molar-refractivity contribution in [3.8, 4) is 0 Å². The number of hydrogen-bond acceptors (Lipinski definition) is 5. The lowest BCUT2D eigenvalue weighted by molar-refractivity contribution is 0.0505. The number of furan rings is 1. The fourth-order valence-electron chi connectivity index (χ4n) is 2.71. The number of carbonyl (C=O) groups is 1. The van der Waals surface area contributed by atoms with Crippen molar-refractivity contribution in [2.45, 2.75) is 19.4 Å². The second-order valence-corrected chi connectivity index (χ2v) is 5.56.